The van der Waals surface area contributed by atoms with Gasteiger partial charge in [-0.05, 0) is 49.2 Å². The molecule has 1 aliphatic rings. The lowest BCUT2D eigenvalue weighted by Gasteiger charge is -2.16. The van der Waals surface area contributed by atoms with E-state index in [9.17, 15) is 4.39 Å². The summed E-state index contributed by atoms with van der Waals surface area (Å²) < 4.78 is 15.6. The van der Waals surface area contributed by atoms with Crippen LogP contribution in [0.15, 0.2) is 42.6 Å². The highest BCUT2D eigenvalue weighted by atomic mass is 32.1. The highest BCUT2D eigenvalue weighted by Crippen LogP contribution is 2.32. The van der Waals surface area contributed by atoms with E-state index >= 15 is 0 Å². The van der Waals surface area contributed by atoms with Crippen molar-refractivity contribution in [1.29, 1.82) is 0 Å². The number of thiazole rings is 1. The molecule has 0 amide bonds. The second-order valence-corrected chi connectivity index (χ2v) is 7.35. The molecule has 0 saturated carbocycles. The number of hydrogen-bond acceptors (Lipinski definition) is 5. The Bertz CT molecular complexity index is 1070. The van der Waals surface area contributed by atoms with Crippen molar-refractivity contribution in [1.82, 2.24) is 19.9 Å². The van der Waals surface area contributed by atoms with Crippen LogP contribution in [0.2, 0.25) is 0 Å². The van der Waals surface area contributed by atoms with E-state index in [2.05, 4.69) is 24.8 Å². The van der Waals surface area contributed by atoms with Crippen molar-refractivity contribution < 1.29 is 4.39 Å². The van der Waals surface area contributed by atoms with Gasteiger partial charge in [0.05, 0.1) is 21.7 Å². The van der Waals surface area contributed by atoms with E-state index in [4.69, 9.17) is 0 Å². The quantitative estimate of drug-likeness (QED) is 0.544. The normalized spacial score (nSPS) is 14.4. The number of H-pyrrole nitrogens is 1. The van der Waals surface area contributed by atoms with Crippen molar-refractivity contribution in [3.8, 4) is 22.0 Å². The van der Waals surface area contributed by atoms with Gasteiger partial charge in [-0.1, -0.05) is 0 Å². The van der Waals surface area contributed by atoms with Crippen LogP contribution < -0.4 is 4.90 Å². The molecule has 0 atom stereocenters. The van der Waals surface area contributed by atoms with Crippen molar-refractivity contribution in [2.45, 2.75) is 12.8 Å². The lowest BCUT2D eigenvalue weighted by molar-refractivity contribution is 0.586. The summed E-state index contributed by atoms with van der Waals surface area (Å²) in [6.45, 7) is 1.89. The van der Waals surface area contributed by atoms with Crippen molar-refractivity contribution in [3.05, 3.63) is 48.5 Å². The third-order valence-corrected chi connectivity index (χ3v) is 5.66. The number of nitrogens with zero attached hydrogens (tertiary/aromatic N) is 4. The van der Waals surface area contributed by atoms with Gasteiger partial charge in [0.2, 0.25) is 5.95 Å². The van der Waals surface area contributed by atoms with Crippen LogP contribution in [-0.4, -0.2) is 33.0 Å². The third-order valence-electron chi connectivity index (χ3n) is 4.62. The average Bonchev–Trinajstić information content (AvgIpc) is 3.41. The second kappa shape index (κ2) is 6.17. The molecule has 130 valence electrons. The molecular formula is C19H16FN5S. The van der Waals surface area contributed by atoms with Crippen molar-refractivity contribution >= 4 is 27.5 Å². The van der Waals surface area contributed by atoms with Gasteiger partial charge in [-0.3, -0.25) is 0 Å². The molecular weight excluding hydrogens is 349 g/mol. The minimum Gasteiger partial charge on any atom is -0.360 e. The van der Waals surface area contributed by atoms with Crippen molar-refractivity contribution in [3.63, 3.8) is 0 Å². The number of fused-ring (bicyclic) bond motifs is 1. The molecule has 0 aliphatic carbocycles. The fourth-order valence-electron chi connectivity index (χ4n) is 3.28. The zero-order chi connectivity index (χ0) is 17.5. The summed E-state index contributed by atoms with van der Waals surface area (Å²) in [5, 5.41) is 0.606. The first-order valence-electron chi connectivity index (χ1n) is 8.61. The molecule has 7 heteroatoms. The van der Waals surface area contributed by atoms with E-state index in [1.165, 1.54) is 11.3 Å². The number of anilines is 1. The smallest absolute Gasteiger partial charge is 0.225 e. The summed E-state index contributed by atoms with van der Waals surface area (Å²) in [4.78, 5) is 18.6. The zero-order valence-electron chi connectivity index (χ0n) is 13.9. The predicted molar refractivity (Wildman–Crippen MR) is 102 cm³/mol. The molecule has 5 rings (SSSR count). The first kappa shape index (κ1) is 15.5. The third kappa shape index (κ3) is 2.64. The topological polar surface area (TPSA) is 57.7 Å². The van der Waals surface area contributed by atoms with Gasteiger partial charge in [0.15, 0.2) is 5.65 Å². The van der Waals surface area contributed by atoms with E-state index in [1.54, 1.807) is 6.07 Å². The Morgan fingerprint density at radius 1 is 1.00 bits per heavy atom. The molecule has 0 aromatic carbocycles. The van der Waals surface area contributed by atoms with Gasteiger partial charge in [0.25, 0.3) is 0 Å². The molecule has 26 heavy (non-hydrogen) atoms. The summed E-state index contributed by atoms with van der Waals surface area (Å²) in [6, 6.07) is 11.5. The molecule has 5 nitrogen and oxygen atoms in total. The lowest BCUT2D eigenvalue weighted by Crippen LogP contribution is -2.19. The maximum Gasteiger partial charge on any atom is 0.225 e. The van der Waals surface area contributed by atoms with Crippen LogP contribution in [0.25, 0.3) is 32.3 Å². The van der Waals surface area contributed by atoms with Crippen LogP contribution in [0.3, 0.4) is 0 Å². The molecule has 4 aromatic rings. The highest BCUT2D eigenvalue weighted by Gasteiger charge is 2.18. The fourth-order valence-corrected chi connectivity index (χ4v) is 4.20. The standard InChI is InChI=1S/C19H16FN5S/c20-17-12(5-8-16(23-17)25-10-1-2-11-25)19-24-18-15(26-19)7-6-14(22-18)13-4-3-9-21-13/h3-9,21H,1-2,10-11H2. The van der Waals surface area contributed by atoms with E-state index < -0.39 is 5.95 Å². The van der Waals surface area contributed by atoms with Crippen LogP contribution in [0.4, 0.5) is 10.2 Å². The van der Waals surface area contributed by atoms with Gasteiger partial charge >= 0.3 is 0 Å². The Balaban J connectivity index is 1.52. The number of pyridine rings is 2. The van der Waals surface area contributed by atoms with Crippen molar-refractivity contribution in [2.75, 3.05) is 18.0 Å². The molecule has 0 radical (unpaired) electrons. The van der Waals surface area contributed by atoms with E-state index in [0.29, 0.717) is 22.0 Å². The average molecular weight is 365 g/mol. The van der Waals surface area contributed by atoms with E-state index in [1.807, 2.05) is 36.5 Å². The van der Waals surface area contributed by atoms with Gasteiger partial charge < -0.3 is 9.88 Å². The van der Waals surface area contributed by atoms with Gasteiger partial charge in [-0.15, -0.1) is 11.3 Å². The first-order chi connectivity index (χ1) is 12.8. The lowest BCUT2D eigenvalue weighted by atomic mass is 10.2. The highest BCUT2D eigenvalue weighted by molar-refractivity contribution is 7.21. The van der Waals surface area contributed by atoms with E-state index in [0.717, 1.165) is 42.0 Å². The first-order valence-corrected chi connectivity index (χ1v) is 9.43. The minimum atomic E-state index is -0.474. The number of hydrogen-bond donors (Lipinski definition) is 1. The number of rotatable bonds is 3. The predicted octanol–water partition coefficient (Wildman–Crippen LogP) is 4.49. The molecule has 1 N–H and O–H groups in total. The van der Waals surface area contributed by atoms with Crippen LogP contribution >= 0.6 is 11.3 Å². The molecule has 4 aromatic heterocycles. The van der Waals surface area contributed by atoms with Gasteiger partial charge in [-0.2, -0.15) is 4.39 Å². The number of halogens is 1. The van der Waals surface area contributed by atoms with Crippen LogP contribution in [0, 0.1) is 5.95 Å². The zero-order valence-corrected chi connectivity index (χ0v) is 14.8. The summed E-state index contributed by atoms with van der Waals surface area (Å²) in [7, 11) is 0. The largest absolute Gasteiger partial charge is 0.360 e. The summed E-state index contributed by atoms with van der Waals surface area (Å²) in [6.07, 6.45) is 4.13. The van der Waals surface area contributed by atoms with Crippen LogP contribution in [0.5, 0.6) is 0 Å². The van der Waals surface area contributed by atoms with Crippen LogP contribution in [0.1, 0.15) is 12.8 Å². The Hall–Kier alpha value is -2.80. The van der Waals surface area contributed by atoms with Gasteiger partial charge in [0, 0.05) is 19.3 Å². The number of nitrogens with one attached hydrogen (secondary N) is 1. The van der Waals surface area contributed by atoms with E-state index in [-0.39, 0.29) is 0 Å². The monoisotopic (exact) mass is 365 g/mol. The SMILES string of the molecule is Fc1nc(N2CCCC2)ccc1-c1nc2nc(-c3ccc[nH]3)ccc2s1. The molecule has 1 fully saturated rings. The van der Waals surface area contributed by atoms with Crippen molar-refractivity contribution in [2.24, 2.45) is 0 Å². The second-order valence-electron chi connectivity index (χ2n) is 6.32. The van der Waals surface area contributed by atoms with Crippen LogP contribution in [-0.2, 0) is 0 Å². The molecule has 1 aliphatic heterocycles. The Kier molecular flexibility index (Phi) is 3.67. The molecule has 5 heterocycles. The number of aromatic amines is 1. The van der Waals surface area contributed by atoms with Gasteiger partial charge in [0.1, 0.15) is 10.8 Å². The maximum atomic E-state index is 14.6. The summed E-state index contributed by atoms with van der Waals surface area (Å²) in [5.74, 6) is 0.232. The maximum absolute atomic E-state index is 14.6. The Morgan fingerprint density at radius 2 is 1.88 bits per heavy atom. The molecule has 0 bridgehead atoms. The Morgan fingerprint density at radius 3 is 2.65 bits per heavy atom. The fraction of sp³-hybridized carbons (Fsp3) is 0.211. The summed E-state index contributed by atoms with van der Waals surface area (Å²) in [5.41, 5.74) is 2.81. The Labute approximate surface area is 153 Å². The number of aromatic nitrogens is 4. The van der Waals surface area contributed by atoms with Gasteiger partial charge in [-0.25, -0.2) is 15.0 Å². The molecule has 1 saturated heterocycles. The summed E-state index contributed by atoms with van der Waals surface area (Å²) >= 11 is 1.43. The minimum absolute atomic E-state index is 0.428. The molecule has 0 spiro atoms. The molecule has 0 unspecified atom stereocenters.